The van der Waals surface area contributed by atoms with Crippen LogP contribution in [0.1, 0.15) is 20.3 Å². The number of amides is 1. The standard InChI is InChI=1S/C20H24N2OS/c1-5-13-22-17(23)16-19(3,4)12-10-15-9-7-8-11-20(15,16)21-18(22)24-14-6-2/h5-11,16H,1-2,12-14H2,3-4H3. The van der Waals surface area contributed by atoms with Gasteiger partial charge in [0.1, 0.15) is 5.54 Å². The summed E-state index contributed by atoms with van der Waals surface area (Å²) in [4.78, 5) is 20.4. The zero-order chi connectivity index (χ0) is 17.4. The minimum Gasteiger partial charge on any atom is -0.287 e. The second-order valence-corrected chi connectivity index (χ2v) is 8.05. The first kappa shape index (κ1) is 17.0. The Hall–Kier alpha value is -1.81. The Morgan fingerprint density at radius 3 is 2.88 bits per heavy atom. The molecule has 126 valence electrons. The van der Waals surface area contributed by atoms with E-state index in [1.54, 1.807) is 22.7 Å². The Kier molecular flexibility index (Phi) is 4.43. The van der Waals surface area contributed by atoms with E-state index in [0.29, 0.717) is 6.54 Å². The van der Waals surface area contributed by atoms with Gasteiger partial charge in [-0.2, -0.15) is 0 Å². The molecule has 0 bridgehead atoms. The molecule has 1 heterocycles. The number of carbonyl (C=O) groups excluding carboxylic acids is 1. The van der Waals surface area contributed by atoms with Crippen LogP contribution in [-0.4, -0.2) is 33.8 Å². The molecule has 2 unspecified atom stereocenters. The van der Waals surface area contributed by atoms with Crippen LogP contribution in [0.2, 0.25) is 0 Å². The summed E-state index contributed by atoms with van der Waals surface area (Å²) in [5, 5.41) is 0.764. The summed E-state index contributed by atoms with van der Waals surface area (Å²) in [6, 6.07) is 0. The van der Waals surface area contributed by atoms with Gasteiger partial charge in [-0.05, 0) is 17.4 Å². The van der Waals surface area contributed by atoms with E-state index in [4.69, 9.17) is 4.99 Å². The Morgan fingerprint density at radius 1 is 1.38 bits per heavy atom. The number of hydrogen-bond donors (Lipinski definition) is 0. The van der Waals surface area contributed by atoms with E-state index in [2.05, 4.69) is 45.2 Å². The first-order chi connectivity index (χ1) is 11.5. The molecular formula is C20H24N2OS. The number of aliphatic imine (C=N–C) groups is 1. The molecule has 0 saturated carbocycles. The molecule has 3 nitrogen and oxygen atoms in total. The lowest BCUT2D eigenvalue weighted by molar-refractivity contribution is -0.138. The van der Waals surface area contributed by atoms with E-state index in [9.17, 15) is 4.79 Å². The second kappa shape index (κ2) is 6.25. The monoisotopic (exact) mass is 340 g/mol. The van der Waals surface area contributed by atoms with Crippen LogP contribution in [0.15, 0.2) is 66.3 Å². The fraction of sp³-hybridized carbons (Fsp3) is 0.400. The molecule has 3 aliphatic rings. The van der Waals surface area contributed by atoms with Gasteiger partial charge in [0.25, 0.3) is 0 Å². The molecule has 0 saturated heterocycles. The lowest BCUT2D eigenvalue weighted by atomic mass is 9.58. The average Bonchev–Trinajstić information content (AvgIpc) is 2.54. The van der Waals surface area contributed by atoms with Crippen molar-refractivity contribution in [2.24, 2.45) is 16.3 Å². The van der Waals surface area contributed by atoms with Crippen molar-refractivity contribution in [2.75, 3.05) is 12.3 Å². The van der Waals surface area contributed by atoms with Crippen molar-refractivity contribution in [3.05, 3.63) is 61.3 Å². The predicted octanol–water partition coefficient (Wildman–Crippen LogP) is 4.13. The Morgan fingerprint density at radius 2 is 2.17 bits per heavy atom. The molecule has 0 aromatic heterocycles. The third-order valence-corrected chi connectivity index (χ3v) is 5.91. The number of hydrogen-bond acceptors (Lipinski definition) is 3. The average molecular weight is 340 g/mol. The van der Waals surface area contributed by atoms with Crippen LogP contribution in [0.4, 0.5) is 0 Å². The highest BCUT2D eigenvalue weighted by atomic mass is 32.2. The summed E-state index contributed by atoms with van der Waals surface area (Å²) in [6.07, 6.45) is 15.0. The Balaban J connectivity index is 2.18. The van der Waals surface area contributed by atoms with Crippen LogP contribution in [0.25, 0.3) is 0 Å². The molecule has 2 atom stereocenters. The highest BCUT2D eigenvalue weighted by Crippen LogP contribution is 2.53. The summed E-state index contributed by atoms with van der Waals surface area (Å²) in [6.45, 7) is 12.4. The fourth-order valence-corrected chi connectivity index (χ4v) is 4.67. The van der Waals surface area contributed by atoms with Crippen LogP contribution < -0.4 is 0 Å². The van der Waals surface area contributed by atoms with E-state index in [0.717, 1.165) is 22.9 Å². The number of nitrogens with zero attached hydrogens (tertiary/aromatic N) is 2. The molecule has 1 aliphatic heterocycles. The lowest BCUT2D eigenvalue weighted by Gasteiger charge is -2.52. The van der Waals surface area contributed by atoms with Gasteiger partial charge in [-0.3, -0.25) is 9.69 Å². The van der Waals surface area contributed by atoms with Crippen molar-refractivity contribution in [1.82, 2.24) is 4.90 Å². The molecule has 4 heteroatoms. The number of thioether (sulfide) groups is 1. The van der Waals surface area contributed by atoms with Crippen molar-refractivity contribution >= 4 is 22.8 Å². The van der Waals surface area contributed by atoms with Crippen molar-refractivity contribution in [3.8, 4) is 0 Å². The van der Waals surface area contributed by atoms with Gasteiger partial charge in [0.05, 0.1) is 5.92 Å². The molecule has 1 amide bonds. The third-order valence-electron chi connectivity index (χ3n) is 4.94. The SMILES string of the molecule is C=CCSC1=NC23C=CC=CC2=CCC(C)(C)C3C(=O)N1CC=C. The summed E-state index contributed by atoms with van der Waals surface area (Å²) >= 11 is 1.56. The molecule has 0 aromatic carbocycles. The molecule has 24 heavy (non-hydrogen) atoms. The second-order valence-electron chi connectivity index (χ2n) is 7.06. The van der Waals surface area contributed by atoms with Gasteiger partial charge in [0, 0.05) is 12.3 Å². The highest BCUT2D eigenvalue weighted by Gasteiger charge is 2.57. The molecule has 0 N–H and O–H groups in total. The highest BCUT2D eigenvalue weighted by molar-refractivity contribution is 8.13. The Bertz CT molecular complexity index is 698. The normalized spacial score (nSPS) is 30.2. The van der Waals surface area contributed by atoms with Crippen LogP contribution >= 0.6 is 11.8 Å². The van der Waals surface area contributed by atoms with Gasteiger partial charge in [-0.25, -0.2) is 4.99 Å². The molecule has 0 aromatic rings. The third kappa shape index (κ3) is 2.53. The number of carbonyl (C=O) groups is 1. The van der Waals surface area contributed by atoms with Crippen LogP contribution in [0.5, 0.6) is 0 Å². The van der Waals surface area contributed by atoms with Crippen LogP contribution in [0, 0.1) is 11.3 Å². The van der Waals surface area contributed by atoms with Crippen molar-refractivity contribution in [1.29, 1.82) is 0 Å². The lowest BCUT2D eigenvalue weighted by Crippen LogP contribution is -2.60. The summed E-state index contributed by atoms with van der Waals surface area (Å²) in [5.41, 5.74) is 0.417. The molecule has 3 rings (SSSR count). The number of rotatable bonds is 4. The van der Waals surface area contributed by atoms with Crippen molar-refractivity contribution in [2.45, 2.75) is 25.8 Å². The van der Waals surface area contributed by atoms with Crippen molar-refractivity contribution < 1.29 is 4.79 Å². The quantitative estimate of drug-likeness (QED) is 0.721. The summed E-state index contributed by atoms with van der Waals surface area (Å²) in [7, 11) is 0. The van der Waals surface area contributed by atoms with Gasteiger partial charge < -0.3 is 0 Å². The maximum atomic E-state index is 13.5. The number of allylic oxidation sites excluding steroid dienone is 3. The molecule has 1 spiro atoms. The maximum absolute atomic E-state index is 13.5. The van der Waals surface area contributed by atoms with E-state index in [-0.39, 0.29) is 17.2 Å². The smallest absolute Gasteiger partial charge is 0.235 e. The molecule has 0 fully saturated rings. The van der Waals surface area contributed by atoms with Crippen LogP contribution in [0.3, 0.4) is 0 Å². The zero-order valence-corrected chi connectivity index (χ0v) is 15.2. The zero-order valence-electron chi connectivity index (χ0n) is 14.4. The minimum absolute atomic E-state index is 0.145. The fourth-order valence-electron chi connectivity index (χ4n) is 3.87. The van der Waals surface area contributed by atoms with E-state index >= 15 is 0 Å². The summed E-state index contributed by atoms with van der Waals surface area (Å²) in [5.74, 6) is 0.675. The summed E-state index contributed by atoms with van der Waals surface area (Å²) < 4.78 is 0. The topological polar surface area (TPSA) is 32.7 Å². The molecular weight excluding hydrogens is 316 g/mol. The van der Waals surface area contributed by atoms with Gasteiger partial charge in [0.2, 0.25) is 5.91 Å². The number of amidine groups is 1. The largest absolute Gasteiger partial charge is 0.287 e. The molecule has 2 aliphatic carbocycles. The van der Waals surface area contributed by atoms with Crippen molar-refractivity contribution in [3.63, 3.8) is 0 Å². The maximum Gasteiger partial charge on any atom is 0.235 e. The first-order valence-corrected chi connectivity index (χ1v) is 9.27. The van der Waals surface area contributed by atoms with E-state index < -0.39 is 5.54 Å². The minimum atomic E-state index is -0.575. The predicted molar refractivity (Wildman–Crippen MR) is 103 cm³/mol. The van der Waals surface area contributed by atoms with E-state index in [1.807, 2.05) is 18.2 Å². The van der Waals surface area contributed by atoms with Gasteiger partial charge in [-0.1, -0.05) is 68.1 Å². The Labute approximate surface area is 148 Å². The van der Waals surface area contributed by atoms with E-state index in [1.165, 1.54) is 0 Å². The van der Waals surface area contributed by atoms with Gasteiger partial charge in [0.15, 0.2) is 5.17 Å². The van der Waals surface area contributed by atoms with Gasteiger partial charge >= 0.3 is 0 Å². The van der Waals surface area contributed by atoms with Crippen LogP contribution in [-0.2, 0) is 4.79 Å². The first-order valence-electron chi connectivity index (χ1n) is 8.28. The van der Waals surface area contributed by atoms with Gasteiger partial charge in [-0.15, -0.1) is 13.2 Å². The molecule has 0 radical (unpaired) electrons.